The number of hydrogen-bond acceptors (Lipinski definition) is 4. The van der Waals surface area contributed by atoms with Gasteiger partial charge in [0.25, 0.3) is 5.56 Å². The number of hydrogen-bond donors (Lipinski definition) is 2. The largest absolute Gasteiger partial charge is 0.469 e. The number of aryl methyl sites for hydroxylation is 3. The first-order valence-corrected chi connectivity index (χ1v) is 5.85. The summed E-state index contributed by atoms with van der Waals surface area (Å²) in [6.45, 7) is 0. The van der Waals surface area contributed by atoms with E-state index in [1.165, 1.54) is 4.57 Å². The van der Waals surface area contributed by atoms with Crippen LogP contribution in [0.2, 0.25) is 0 Å². The molecule has 0 atom stereocenters. The Balaban J connectivity index is 1.98. The number of furan rings is 1. The van der Waals surface area contributed by atoms with Gasteiger partial charge >= 0.3 is 5.69 Å². The molecule has 0 fully saturated rings. The van der Waals surface area contributed by atoms with Crippen molar-refractivity contribution in [3.05, 3.63) is 50.8 Å². The van der Waals surface area contributed by atoms with Crippen LogP contribution < -0.4 is 11.2 Å². The maximum absolute atomic E-state index is 11.6. The fourth-order valence-electron chi connectivity index (χ4n) is 1.97. The van der Waals surface area contributed by atoms with Crippen LogP contribution in [0, 0.1) is 0 Å². The van der Waals surface area contributed by atoms with Crippen molar-refractivity contribution in [3.8, 4) is 0 Å². The van der Waals surface area contributed by atoms with Crippen LogP contribution in [-0.2, 0) is 19.9 Å². The molecule has 3 aromatic rings. The van der Waals surface area contributed by atoms with Crippen LogP contribution in [0.5, 0.6) is 0 Å². The molecule has 0 amide bonds. The summed E-state index contributed by atoms with van der Waals surface area (Å²) in [6.07, 6.45) is 2.90. The standard InChI is InChI=1S/C12H12N4O3/c1-16-10-9(11(17)15-12(16)18)13-8(14-10)5-4-7-3-2-6-19-7/h2-3,6H,4-5H2,1H3,(H,13,14)(H,15,17,18). The number of imidazole rings is 1. The van der Waals surface area contributed by atoms with Crippen LogP contribution in [0.1, 0.15) is 11.6 Å². The zero-order chi connectivity index (χ0) is 13.4. The molecule has 0 aliphatic carbocycles. The van der Waals surface area contributed by atoms with Crippen LogP contribution >= 0.6 is 0 Å². The van der Waals surface area contributed by atoms with Gasteiger partial charge in [-0.1, -0.05) is 0 Å². The van der Waals surface area contributed by atoms with Gasteiger partial charge in [0.2, 0.25) is 0 Å². The SMILES string of the molecule is Cn1c(=O)[nH]c(=O)c2[nH]c(CCc3ccco3)nc21. The number of nitrogens with one attached hydrogen (secondary N) is 2. The van der Waals surface area contributed by atoms with Gasteiger partial charge in [0.05, 0.1) is 6.26 Å². The molecule has 98 valence electrons. The molecule has 3 rings (SSSR count). The van der Waals surface area contributed by atoms with Crippen molar-refractivity contribution in [2.75, 3.05) is 0 Å². The molecule has 0 aliphatic rings. The first-order valence-electron chi connectivity index (χ1n) is 5.85. The predicted octanol–water partition coefficient (Wildman–Crippen LogP) is 0.328. The minimum absolute atomic E-state index is 0.316. The smallest absolute Gasteiger partial charge is 0.329 e. The molecule has 0 saturated heterocycles. The van der Waals surface area contributed by atoms with E-state index in [0.717, 1.165) is 5.76 Å². The van der Waals surface area contributed by atoms with Gasteiger partial charge in [-0.25, -0.2) is 9.78 Å². The van der Waals surface area contributed by atoms with Crippen LogP contribution in [0.15, 0.2) is 32.4 Å². The van der Waals surface area contributed by atoms with Crippen LogP contribution in [0.25, 0.3) is 11.2 Å². The number of fused-ring (bicyclic) bond motifs is 1. The van der Waals surface area contributed by atoms with Gasteiger partial charge in [-0.15, -0.1) is 0 Å². The third-order valence-electron chi connectivity index (χ3n) is 2.99. The van der Waals surface area contributed by atoms with E-state index in [9.17, 15) is 9.59 Å². The highest BCUT2D eigenvalue weighted by Gasteiger charge is 2.10. The number of aromatic nitrogens is 4. The molecule has 3 aromatic heterocycles. The molecule has 7 heteroatoms. The van der Waals surface area contributed by atoms with Crippen molar-refractivity contribution in [2.45, 2.75) is 12.8 Å². The van der Waals surface area contributed by atoms with E-state index in [1.54, 1.807) is 13.3 Å². The summed E-state index contributed by atoms with van der Waals surface area (Å²) in [5.41, 5.74) is -0.240. The summed E-state index contributed by atoms with van der Waals surface area (Å²) < 4.78 is 6.54. The first-order chi connectivity index (χ1) is 9.15. The van der Waals surface area contributed by atoms with Gasteiger partial charge in [0.15, 0.2) is 5.65 Å². The van der Waals surface area contributed by atoms with E-state index in [4.69, 9.17) is 4.42 Å². The Morgan fingerprint density at radius 2 is 2.16 bits per heavy atom. The summed E-state index contributed by atoms with van der Waals surface area (Å²) in [5.74, 6) is 1.50. The van der Waals surface area contributed by atoms with Gasteiger partial charge in [0.1, 0.15) is 17.1 Å². The molecule has 0 bridgehead atoms. The maximum atomic E-state index is 11.6. The highest BCUT2D eigenvalue weighted by Crippen LogP contribution is 2.08. The molecule has 7 nitrogen and oxygen atoms in total. The molecule has 0 spiro atoms. The van der Waals surface area contributed by atoms with Crippen LogP contribution in [0.3, 0.4) is 0 Å². The Hall–Kier alpha value is -2.57. The normalized spacial score (nSPS) is 11.2. The molecule has 2 N–H and O–H groups in total. The molecule has 0 aromatic carbocycles. The molecule has 0 unspecified atom stereocenters. The minimum Gasteiger partial charge on any atom is -0.469 e. The lowest BCUT2D eigenvalue weighted by Gasteiger charge is -1.94. The van der Waals surface area contributed by atoms with Crippen molar-refractivity contribution in [2.24, 2.45) is 7.05 Å². The van der Waals surface area contributed by atoms with Crippen molar-refractivity contribution in [3.63, 3.8) is 0 Å². The molecule has 0 aliphatic heterocycles. The Bertz CT molecular complexity index is 823. The van der Waals surface area contributed by atoms with E-state index in [-0.39, 0.29) is 0 Å². The summed E-state index contributed by atoms with van der Waals surface area (Å²) in [4.78, 5) is 32.5. The molecule has 0 saturated carbocycles. The van der Waals surface area contributed by atoms with Gasteiger partial charge in [-0.05, 0) is 12.1 Å². The number of H-pyrrole nitrogens is 2. The summed E-state index contributed by atoms with van der Waals surface area (Å²) >= 11 is 0. The quantitative estimate of drug-likeness (QED) is 0.709. The Labute approximate surface area is 106 Å². The molecule has 0 radical (unpaired) electrons. The van der Waals surface area contributed by atoms with Crippen molar-refractivity contribution < 1.29 is 4.42 Å². The lowest BCUT2D eigenvalue weighted by Crippen LogP contribution is -2.28. The third kappa shape index (κ3) is 1.99. The predicted molar refractivity (Wildman–Crippen MR) is 68.1 cm³/mol. The van der Waals surface area contributed by atoms with E-state index < -0.39 is 11.2 Å². The molecular weight excluding hydrogens is 248 g/mol. The average Bonchev–Trinajstić information content (AvgIpc) is 3.03. The van der Waals surface area contributed by atoms with E-state index in [0.29, 0.717) is 29.8 Å². The third-order valence-corrected chi connectivity index (χ3v) is 2.99. The van der Waals surface area contributed by atoms with Gasteiger partial charge in [-0.2, -0.15) is 0 Å². The Morgan fingerprint density at radius 3 is 2.89 bits per heavy atom. The van der Waals surface area contributed by atoms with Crippen molar-refractivity contribution in [1.29, 1.82) is 0 Å². The zero-order valence-electron chi connectivity index (χ0n) is 10.3. The topological polar surface area (TPSA) is 96.7 Å². The van der Waals surface area contributed by atoms with Gasteiger partial charge in [0, 0.05) is 19.9 Å². The number of aromatic amines is 2. The average molecular weight is 260 g/mol. The zero-order valence-corrected chi connectivity index (χ0v) is 10.3. The monoisotopic (exact) mass is 260 g/mol. The molecular formula is C12H12N4O3. The fraction of sp³-hybridized carbons (Fsp3) is 0.250. The second kappa shape index (κ2) is 4.27. The van der Waals surface area contributed by atoms with Crippen LogP contribution in [-0.4, -0.2) is 19.5 Å². The Morgan fingerprint density at radius 1 is 1.32 bits per heavy atom. The van der Waals surface area contributed by atoms with Crippen LogP contribution in [0.4, 0.5) is 0 Å². The lowest BCUT2D eigenvalue weighted by molar-refractivity contribution is 0.507. The van der Waals surface area contributed by atoms with Crippen molar-refractivity contribution in [1.82, 2.24) is 19.5 Å². The highest BCUT2D eigenvalue weighted by atomic mass is 16.3. The summed E-state index contributed by atoms with van der Waals surface area (Å²) in [5, 5.41) is 0. The molecule has 19 heavy (non-hydrogen) atoms. The van der Waals surface area contributed by atoms with Gasteiger partial charge < -0.3 is 9.40 Å². The van der Waals surface area contributed by atoms with E-state index >= 15 is 0 Å². The van der Waals surface area contributed by atoms with E-state index in [2.05, 4.69) is 15.0 Å². The minimum atomic E-state index is -0.471. The molecule has 3 heterocycles. The second-order valence-corrected chi connectivity index (χ2v) is 4.28. The van der Waals surface area contributed by atoms with Gasteiger partial charge in [-0.3, -0.25) is 14.3 Å². The van der Waals surface area contributed by atoms with Crippen molar-refractivity contribution >= 4 is 11.2 Å². The van der Waals surface area contributed by atoms with E-state index in [1.807, 2.05) is 12.1 Å². The number of rotatable bonds is 3. The summed E-state index contributed by atoms with van der Waals surface area (Å²) in [7, 11) is 1.57. The second-order valence-electron chi connectivity index (χ2n) is 4.28. The number of nitrogens with zero attached hydrogens (tertiary/aromatic N) is 2. The fourth-order valence-corrected chi connectivity index (χ4v) is 1.97. The summed E-state index contributed by atoms with van der Waals surface area (Å²) in [6, 6.07) is 3.70. The highest BCUT2D eigenvalue weighted by molar-refractivity contribution is 5.69. The first kappa shape index (κ1) is 11.5. The Kier molecular flexibility index (Phi) is 2.59. The maximum Gasteiger partial charge on any atom is 0.329 e. The lowest BCUT2D eigenvalue weighted by atomic mass is 10.2.